The van der Waals surface area contributed by atoms with Gasteiger partial charge in [-0.05, 0) is 31.1 Å². The van der Waals surface area contributed by atoms with E-state index >= 15 is 0 Å². The summed E-state index contributed by atoms with van der Waals surface area (Å²) >= 11 is 0. The van der Waals surface area contributed by atoms with Gasteiger partial charge in [0.25, 0.3) is 5.91 Å². The third kappa shape index (κ3) is 3.98. The third-order valence-electron chi connectivity index (χ3n) is 6.31. The zero-order chi connectivity index (χ0) is 22.6. The molecule has 1 amide bonds. The Morgan fingerprint density at radius 1 is 0.812 bits per heavy atom. The lowest BCUT2D eigenvalue weighted by Gasteiger charge is -2.29. The number of carbonyl (C=O) groups is 1. The molecule has 0 radical (unpaired) electrons. The van der Waals surface area contributed by atoms with Crippen molar-refractivity contribution in [3.8, 4) is 0 Å². The van der Waals surface area contributed by atoms with E-state index < -0.39 is 5.54 Å². The van der Waals surface area contributed by atoms with Crippen molar-refractivity contribution in [2.24, 2.45) is 4.99 Å². The fourth-order valence-corrected chi connectivity index (χ4v) is 4.37. The van der Waals surface area contributed by atoms with Gasteiger partial charge < -0.3 is 4.90 Å². The van der Waals surface area contributed by atoms with E-state index in [0.717, 1.165) is 42.2 Å². The van der Waals surface area contributed by atoms with Gasteiger partial charge in [-0.3, -0.25) is 9.69 Å². The van der Waals surface area contributed by atoms with Crippen LogP contribution in [0.1, 0.15) is 36.1 Å². The lowest BCUT2D eigenvalue weighted by atomic mass is 9.83. The molecule has 0 aromatic heterocycles. The summed E-state index contributed by atoms with van der Waals surface area (Å²) in [6, 6.07) is 28.2. The molecule has 1 aliphatic rings. The molecule has 3 aromatic carbocycles. The van der Waals surface area contributed by atoms with Gasteiger partial charge in [0.15, 0.2) is 5.54 Å². The zero-order valence-corrected chi connectivity index (χ0v) is 19.2. The quantitative estimate of drug-likeness (QED) is 0.516. The predicted octanol–water partition coefficient (Wildman–Crippen LogP) is 4.87. The van der Waals surface area contributed by atoms with E-state index in [-0.39, 0.29) is 5.91 Å². The molecule has 4 rings (SSSR count). The average Bonchev–Trinajstić information content (AvgIpc) is 3.14. The molecular weight excluding hydrogens is 394 g/mol. The Bertz CT molecular complexity index is 1030. The van der Waals surface area contributed by atoms with Crippen LogP contribution < -0.4 is 0 Å². The van der Waals surface area contributed by atoms with E-state index in [1.54, 1.807) is 0 Å². The zero-order valence-electron chi connectivity index (χ0n) is 19.2. The monoisotopic (exact) mass is 425 g/mol. The highest BCUT2D eigenvalue weighted by Crippen LogP contribution is 2.41. The Labute approximate surface area is 191 Å². The molecule has 1 heterocycles. The van der Waals surface area contributed by atoms with Crippen molar-refractivity contribution in [2.75, 3.05) is 26.2 Å². The Morgan fingerprint density at radius 2 is 1.34 bits per heavy atom. The van der Waals surface area contributed by atoms with Crippen LogP contribution in [0.15, 0.2) is 89.9 Å². The van der Waals surface area contributed by atoms with Gasteiger partial charge >= 0.3 is 0 Å². The van der Waals surface area contributed by atoms with E-state index in [2.05, 4.69) is 49.9 Å². The number of nitrogens with zero attached hydrogens (tertiary/aromatic N) is 3. The second-order valence-electron chi connectivity index (χ2n) is 8.23. The van der Waals surface area contributed by atoms with E-state index in [1.165, 1.54) is 5.56 Å². The molecule has 164 valence electrons. The minimum atomic E-state index is -1.08. The van der Waals surface area contributed by atoms with Crippen LogP contribution in [0.25, 0.3) is 0 Å². The maximum atomic E-state index is 14.3. The maximum Gasteiger partial charge on any atom is 0.265 e. The van der Waals surface area contributed by atoms with Gasteiger partial charge in [0, 0.05) is 18.7 Å². The predicted molar refractivity (Wildman–Crippen MR) is 131 cm³/mol. The second-order valence-corrected chi connectivity index (χ2v) is 8.23. The van der Waals surface area contributed by atoms with E-state index in [1.807, 2.05) is 65.6 Å². The lowest BCUT2D eigenvalue weighted by Crippen LogP contribution is -2.45. The number of amides is 1. The van der Waals surface area contributed by atoms with Crippen LogP contribution >= 0.6 is 0 Å². The number of hydrogen-bond acceptors (Lipinski definition) is 3. The number of carbonyl (C=O) groups excluding carboxylic acids is 1. The highest BCUT2D eigenvalue weighted by Gasteiger charge is 2.51. The summed E-state index contributed by atoms with van der Waals surface area (Å²) in [5, 5.41) is 0. The number of hydrogen-bond donors (Lipinski definition) is 0. The molecule has 4 heteroatoms. The van der Waals surface area contributed by atoms with Crippen molar-refractivity contribution >= 4 is 11.7 Å². The Hall–Kier alpha value is -3.24. The number of aryl methyl sites for hydroxylation is 1. The van der Waals surface area contributed by atoms with Crippen molar-refractivity contribution < 1.29 is 4.79 Å². The summed E-state index contributed by atoms with van der Waals surface area (Å²) in [4.78, 5) is 23.7. The number of rotatable bonds is 8. The molecule has 0 bridgehead atoms. The van der Waals surface area contributed by atoms with Gasteiger partial charge in [-0.1, -0.05) is 104 Å². The number of likely N-dealkylation sites (N-methyl/N-ethyl adjacent to an activating group) is 1. The first-order valence-corrected chi connectivity index (χ1v) is 11.4. The van der Waals surface area contributed by atoms with Crippen molar-refractivity contribution in [3.05, 3.63) is 107 Å². The Morgan fingerprint density at radius 3 is 1.84 bits per heavy atom. The lowest BCUT2D eigenvalue weighted by molar-refractivity contribution is -0.130. The molecule has 0 unspecified atom stereocenters. The minimum absolute atomic E-state index is 0.0117. The second kappa shape index (κ2) is 9.49. The van der Waals surface area contributed by atoms with Crippen molar-refractivity contribution in [2.45, 2.75) is 26.3 Å². The van der Waals surface area contributed by atoms with Gasteiger partial charge in [0.05, 0.1) is 0 Å². The van der Waals surface area contributed by atoms with E-state index in [9.17, 15) is 4.79 Å². The number of benzene rings is 3. The minimum Gasteiger partial charge on any atom is -0.302 e. The SMILES string of the molecule is CCN(CC)CCN1C(=O)C(c2ccccc2)(c2ccccc2)N=C1c1ccc(C)cc1. The summed E-state index contributed by atoms with van der Waals surface area (Å²) in [6.07, 6.45) is 0. The van der Waals surface area contributed by atoms with E-state index in [0.29, 0.717) is 6.54 Å². The third-order valence-corrected chi connectivity index (χ3v) is 6.31. The Balaban J connectivity index is 1.88. The molecule has 3 aromatic rings. The smallest absolute Gasteiger partial charge is 0.265 e. The standard InChI is InChI=1S/C28H31N3O/c1-4-30(5-2)20-21-31-26(23-18-16-22(3)17-19-23)29-28(27(31)32,24-12-8-6-9-13-24)25-14-10-7-11-15-25/h6-19H,4-5,20-21H2,1-3H3. The first-order valence-electron chi connectivity index (χ1n) is 11.4. The molecular formula is C28H31N3O. The summed E-state index contributed by atoms with van der Waals surface area (Å²) in [6.45, 7) is 9.71. The van der Waals surface area contributed by atoms with Crippen LogP contribution in [0.2, 0.25) is 0 Å². The molecule has 0 aliphatic carbocycles. The largest absolute Gasteiger partial charge is 0.302 e. The fraction of sp³-hybridized carbons (Fsp3) is 0.286. The van der Waals surface area contributed by atoms with Gasteiger partial charge in [-0.2, -0.15) is 0 Å². The summed E-state index contributed by atoms with van der Waals surface area (Å²) in [5.74, 6) is 0.757. The summed E-state index contributed by atoms with van der Waals surface area (Å²) in [5.41, 5.74) is 2.87. The van der Waals surface area contributed by atoms with Crippen LogP contribution in [-0.4, -0.2) is 47.7 Å². The fourth-order valence-electron chi connectivity index (χ4n) is 4.37. The van der Waals surface area contributed by atoms with Crippen LogP contribution in [0.5, 0.6) is 0 Å². The maximum absolute atomic E-state index is 14.3. The van der Waals surface area contributed by atoms with Crippen LogP contribution in [0, 0.1) is 6.92 Å². The van der Waals surface area contributed by atoms with Crippen molar-refractivity contribution in [1.29, 1.82) is 0 Å². The molecule has 0 fully saturated rings. The Kier molecular flexibility index (Phi) is 6.52. The highest BCUT2D eigenvalue weighted by molar-refractivity contribution is 6.16. The number of aliphatic imine (C=N–C) groups is 1. The van der Waals surface area contributed by atoms with Crippen molar-refractivity contribution in [1.82, 2.24) is 9.80 Å². The topological polar surface area (TPSA) is 35.9 Å². The summed E-state index contributed by atoms with van der Waals surface area (Å²) in [7, 11) is 0. The van der Waals surface area contributed by atoms with Gasteiger partial charge in [-0.15, -0.1) is 0 Å². The average molecular weight is 426 g/mol. The molecule has 0 saturated heterocycles. The molecule has 0 atom stereocenters. The normalized spacial score (nSPS) is 15.3. The van der Waals surface area contributed by atoms with Crippen LogP contribution in [0.4, 0.5) is 0 Å². The molecule has 32 heavy (non-hydrogen) atoms. The molecule has 0 saturated carbocycles. The van der Waals surface area contributed by atoms with Gasteiger partial charge in [0.2, 0.25) is 0 Å². The van der Waals surface area contributed by atoms with E-state index in [4.69, 9.17) is 4.99 Å². The molecule has 0 spiro atoms. The number of amidine groups is 1. The summed E-state index contributed by atoms with van der Waals surface area (Å²) < 4.78 is 0. The first-order chi connectivity index (χ1) is 15.6. The highest BCUT2D eigenvalue weighted by atomic mass is 16.2. The molecule has 0 N–H and O–H groups in total. The molecule has 1 aliphatic heterocycles. The first kappa shape index (κ1) is 22.0. The van der Waals surface area contributed by atoms with Gasteiger partial charge in [0.1, 0.15) is 5.84 Å². The van der Waals surface area contributed by atoms with Crippen LogP contribution in [0.3, 0.4) is 0 Å². The molecule has 4 nitrogen and oxygen atoms in total. The van der Waals surface area contributed by atoms with Crippen LogP contribution in [-0.2, 0) is 10.3 Å². The van der Waals surface area contributed by atoms with Crippen molar-refractivity contribution in [3.63, 3.8) is 0 Å². The van der Waals surface area contributed by atoms with Gasteiger partial charge in [-0.25, -0.2) is 4.99 Å².